The van der Waals surface area contributed by atoms with Gasteiger partial charge in [0, 0.05) is 41.1 Å². The average molecular weight is 458 g/mol. The number of anilines is 1. The van der Waals surface area contributed by atoms with Crippen LogP contribution < -0.4 is 11.1 Å². The van der Waals surface area contributed by atoms with E-state index in [1.54, 1.807) is 18.5 Å². The summed E-state index contributed by atoms with van der Waals surface area (Å²) in [6, 6.07) is 3.88. The molecular weight excluding hydrogens is 431 g/mol. The topological polar surface area (TPSA) is 96.9 Å². The zero-order chi connectivity index (χ0) is 23.8. The minimum atomic E-state index is -4.32. The maximum atomic E-state index is 13.2. The van der Waals surface area contributed by atoms with Crippen molar-refractivity contribution in [1.82, 2.24) is 24.6 Å². The summed E-state index contributed by atoms with van der Waals surface area (Å²) >= 11 is 0. The van der Waals surface area contributed by atoms with Crippen molar-refractivity contribution in [3.8, 4) is 11.1 Å². The molecule has 0 bridgehead atoms. The van der Waals surface area contributed by atoms with Crippen LogP contribution in [-0.4, -0.2) is 36.8 Å². The SMILES string of the molecule is C=CN.CC(c1cnn2ccc(-c3c[nH]c4nc(N[C@H](C)C5CC5)ncc34)cc12)C(F)(F)F. The van der Waals surface area contributed by atoms with Crippen molar-refractivity contribution in [1.29, 1.82) is 0 Å². The van der Waals surface area contributed by atoms with E-state index in [1.807, 2.05) is 12.3 Å². The summed E-state index contributed by atoms with van der Waals surface area (Å²) in [4.78, 5) is 12.2. The van der Waals surface area contributed by atoms with Gasteiger partial charge in [0.25, 0.3) is 0 Å². The molecule has 174 valence electrons. The van der Waals surface area contributed by atoms with Crippen molar-refractivity contribution in [2.45, 2.75) is 44.8 Å². The normalized spacial score (nSPS) is 15.7. The van der Waals surface area contributed by atoms with Crippen LogP contribution in [0.15, 0.2) is 49.7 Å². The maximum Gasteiger partial charge on any atom is 0.395 e. The van der Waals surface area contributed by atoms with Crippen LogP contribution in [-0.2, 0) is 0 Å². The molecule has 5 rings (SSSR count). The highest BCUT2D eigenvalue weighted by Gasteiger charge is 2.38. The molecule has 7 nitrogen and oxygen atoms in total. The molecule has 10 heteroatoms. The zero-order valence-electron chi connectivity index (χ0n) is 18.4. The van der Waals surface area contributed by atoms with Crippen LogP contribution in [0.3, 0.4) is 0 Å². The Morgan fingerprint density at radius 1 is 1.30 bits per heavy atom. The summed E-state index contributed by atoms with van der Waals surface area (Å²) in [5.74, 6) is -0.347. The number of fused-ring (bicyclic) bond motifs is 2. The van der Waals surface area contributed by atoms with Crippen LogP contribution >= 0.6 is 0 Å². The molecule has 0 radical (unpaired) electrons. The number of alkyl halides is 3. The summed E-state index contributed by atoms with van der Waals surface area (Å²) < 4.78 is 41.2. The lowest BCUT2D eigenvalue weighted by Gasteiger charge is -2.14. The van der Waals surface area contributed by atoms with Gasteiger partial charge in [0.2, 0.25) is 5.95 Å². The fourth-order valence-corrected chi connectivity index (χ4v) is 3.81. The van der Waals surface area contributed by atoms with Crippen LogP contribution in [0.2, 0.25) is 0 Å². The number of hydrogen-bond donors (Lipinski definition) is 3. The second-order valence-electron chi connectivity index (χ2n) is 8.27. The molecule has 1 aliphatic rings. The number of rotatable bonds is 5. The summed E-state index contributed by atoms with van der Waals surface area (Å²) in [5.41, 5.74) is 7.49. The standard InChI is InChI=1S/C21H21F3N6.C2H5N/c1-11(21(22,23)24)15-10-27-30-6-5-14(7-18(15)30)16-8-25-19-17(16)9-26-20(29-19)28-12(2)13-3-4-13;1-2-3/h5-13H,3-4H2,1-2H3,(H2,25,26,28,29);2H,1,3H2/t11?,12-;/m1./s1. The van der Waals surface area contributed by atoms with Gasteiger partial charge < -0.3 is 16.0 Å². The maximum absolute atomic E-state index is 13.2. The summed E-state index contributed by atoms with van der Waals surface area (Å²) in [5, 5.41) is 8.23. The predicted molar refractivity (Wildman–Crippen MR) is 123 cm³/mol. The predicted octanol–water partition coefficient (Wildman–Crippen LogP) is 5.24. The minimum Gasteiger partial charge on any atom is -0.405 e. The molecule has 1 saturated carbocycles. The van der Waals surface area contributed by atoms with Gasteiger partial charge in [-0.3, -0.25) is 0 Å². The Balaban J connectivity index is 0.000000821. The van der Waals surface area contributed by atoms with Crippen molar-refractivity contribution in [3.63, 3.8) is 0 Å². The molecule has 0 saturated heterocycles. The van der Waals surface area contributed by atoms with E-state index in [4.69, 9.17) is 0 Å². The molecule has 1 aliphatic carbocycles. The largest absolute Gasteiger partial charge is 0.405 e. The van der Waals surface area contributed by atoms with Gasteiger partial charge >= 0.3 is 6.18 Å². The molecule has 4 heterocycles. The van der Waals surface area contributed by atoms with Crippen LogP contribution in [0.4, 0.5) is 19.1 Å². The van der Waals surface area contributed by atoms with Crippen molar-refractivity contribution < 1.29 is 13.2 Å². The monoisotopic (exact) mass is 457 g/mol. The number of H-pyrrole nitrogens is 1. The van der Waals surface area contributed by atoms with Crippen LogP contribution in [0.5, 0.6) is 0 Å². The highest BCUT2D eigenvalue weighted by atomic mass is 19.4. The van der Waals surface area contributed by atoms with Gasteiger partial charge in [0.05, 0.1) is 17.6 Å². The van der Waals surface area contributed by atoms with Gasteiger partial charge in [-0.15, -0.1) is 0 Å². The van der Waals surface area contributed by atoms with Gasteiger partial charge in [-0.1, -0.05) is 6.58 Å². The number of aromatic amines is 1. The van der Waals surface area contributed by atoms with Crippen LogP contribution in [0.25, 0.3) is 27.7 Å². The summed E-state index contributed by atoms with van der Waals surface area (Å²) in [6.45, 7) is 6.42. The number of pyridine rings is 1. The van der Waals surface area contributed by atoms with Gasteiger partial charge in [-0.2, -0.15) is 23.3 Å². The van der Waals surface area contributed by atoms with Crippen LogP contribution in [0, 0.1) is 5.92 Å². The van der Waals surface area contributed by atoms with Crippen molar-refractivity contribution in [2.24, 2.45) is 11.7 Å². The smallest absolute Gasteiger partial charge is 0.395 e. The van der Waals surface area contributed by atoms with Crippen molar-refractivity contribution in [2.75, 3.05) is 5.32 Å². The Labute approximate surface area is 188 Å². The molecule has 0 spiro atoms. The fraction of sp³-hybridized carbons (Fsp3) is 0.348. The Kier molecular flexibility index (Phi) is 6.01. The third kappa shape index (κ3) is 4.64. The third-order valence-electron chi connectivity index (χ3n) is 5.94. The number of nitrogens with zero attached hydrogens (tertiary/aromatic N) is 4. The molecule has 0 aromatic carbocycles. The lowest BCUT2D eigenvalue weighted by molar-refractivity contribution is -0.146. The van der Waals surface area contributed by atoms with Gasteiger partial charge in [0.15, 0.2) is 0 Å². The molecule has 0 amide bonds. The second kappa shape index (κ2) is 8.76. The van der Waals surface area contributed by atoms with Crippen molar-refractivity contribution in [3.05, 3.63) is 55.3 Å². The summed E-state index contributed by atoms with van der Waals surface area (Å²) in [6.07, 6.45) is 5.90. The molecule has 4 aromatic heterocycles. The molecule has 0 aliphatic heterocycles. The number of nitrogens with two attached hydrogens (primary N) is 1. The first-order valence-electron chi connectivity index (χ1n) is 10.7. The summed E-state index contributed by atoms with van der Waals surface area (Å²) in [7, 11) is 0. The molecule has 1 unspecified atom stereocenters. The minimum absolute atomic E-state index is 0.154. The lowest BCUT2D eigenvalue weighted by Crippen LogP contribution is -2.18. The van der Waals surface area contributed by atoms with Gasteiger partial charge in [0.1, 0.15) is 5.65 Å². The van der Waals surface area contributed by atoms with Gasteiger partial charge in [-0.25, -0.2) is 9.50 Å². The average Bonchev–Trinajstić information content (AvgIpc) is 3.42. The molecule has 1 fully saturated rings. The highest BCUT2D eigenvalue weighted by Crippen LogP contribution is 2.38. The van der Waals surface area contributed by atoms with E-state index in [0.717, 1.165) is 23.4 Å². The van der Waals surface area contributed by atoms with E-state index in [2.05, 4.69) is 44.6 Å². The first kappa shape index (κ1) is 22.6. The van der Waals surface area contributed by atoms with E-state index in [-0.39, 0.29) is 5.56 Å². The number of hydrogen-bond acceptors (Lipinski definition) is 5. The molecule has 4 N–H and O–H groups in total. The Morgan fingerprint density at radius 2 is 2.03 bits per heavy atom. The van der Waals surface area contributed by atoms with Crippen molar-refractivity contribution >= 4 is 22.5 Å². The Bertz CT molecular complexity index is 1270. The Hall–Kier alpha value is -3.56. The number of aromatic nitrogens is 5. The Morgan fingerprint density at radius 3 is 2.70 bits per heavy atom. The van der Waals surface area contributed by atoms with E-state index < -0.39 is 12.1 Å². The molecular formula is C23H26F3N7. The molecule has 33 heavy (non-hydrogen) atoms. The zero-order valence-corrected chi connectivity index (χ0v) is 18.4. The number of halogens is 3. The van der Waals surface area contributed by atoms with E-state index in [9.17, 15) is 13.2 Å². The first-order chi connectivity index (χ1) is 15.7. The van der Waals surface area contributed by atoms with Gasteiger partial charge in [-0.05, 0) is 56.5 Å². The van der Waals surface area contributed by atoms with E-state index >= 15 is 0 Å². The quantitative estimate of drug-likeness (QED) is 0.381. The number of nitrogens with one attached hydrogen (secondary N) is 2. The lowest BCUT2D eigenvalue weighted by atomic mass is 10.0. The van der Waals surface area contributed by atoms with E-state index in [0.29, 0.717) is 29.1 Å². The van der Waals surface area contributed by atoms with E-state index in [1.165, 1.54) is 29.8 Å². The second-order valence-corrected chi connectivity index (χ2v) is 8.27. The molecule has 2 atom stereocenters. The molecule has 4 aromatic rings. The highest BCUT2D eigenvalue weighted by molar-refractivity contribution is 5.94. The first-order valence-corrected chi connectivity index (χ1v) is 10.7. The van der Waals surface area contributed by atoms with Crippen LogP contribution in [0.1, 0.15) is 38.2 Å². The fourth-order valence-electron chi connectivity index (χ4n) is 3.81. The third-order valence-corrected chi connectivity index (χ3v) is 5.94.